The first-order valence-corrected chi connectivity index (χ1v) is 8.73. The molecule has 128 valence electrons. The normalized spacial score (nSPS) is 16.1. The Morgan fingerprint density at radius 3 is 2.76 bits per heavy atom. The lowest BCUT2D eigenvalue weighted by Gasteiger charge is -2.09. The van der Waals surface area contributed by atoms with Gasteiger partial charge in [0.05, 0.1) is 9.83 Å². The van der Waals surface area contributed by atoms with Crippen LogP contribution in [0.5, 0.6) is 0 Å². The zero-order valence-electron chi connectivity index (χ0n) is 13.5. The first-order chi connectivity index (χ1) is 11.9. The van der Waals surface area contributed by atoms with Crippen LogP contribution in [0.2, 0.25) is 0 Å². The van der Waals surface area contributed by atoms with Crippen molar-refractivity contribution in [3.8, 4) is 11.3 Å². The highest BCUT2D eigenvalue weighted by Crippen LogP contribution is 2.34. The topological polar surface area (TPSA) is 76.6 Å². The molecule has 8 heteroatoms. The second kappa shape index (κ2) is 6.81. The summed E-state index contributed by atoms with van der Waals surface area (Å²) in [6.45, 7) is 4.25. The molecule has 3 rings (SSSR count). The number of hydrogen-bond acceptors (Lipinski definition) is 6. The fraction of sp³-hybridized carbons (Fsp3) is 0.176. The highest BCUT2D eigenvalue weighted by atomic mass is 32.2. The third kappa shape index (κ3) is 3.35. The van der Waals surface area contributed by atoms with Crippen LogP contribution in [0.25, 0.3) is 17.4 Å². The van der Waals surface area contributed by atoms with Crippen molar-refractivity contribution in [3.05, 3.63) is 56.7 Å². The molecular weight excluding hydrogens is 360 g/mol. The maximum atomic E-state index is 12.2. The molecule has 0 spiro atoms. The molecule has 0 atom stereocenters. The molecule has 2 heterocycles. The molecule has 0 radical (unpaired) electrons. The Hall–Kier alpha value is -2.45. The molecule has 1 aliphatic rings. The van der Waals surface area contributed by atoms with Gasteiger partial charge >= 0.3 is 0 Å². The van der Waals surface area contributed by atoms with Gasteiger partial charge in [0.2, 0.25) is 0 Å². The maximum Gasteiger partial charge on any atom is 0.270 e. The molecule has 0 saturated carbocycles. The van der Waals surface area contributed by atoms with E-state index in [-0.39, 0.29) is 11.6 Å². The summed E-state index contributed by atoms with van der Waals surface area (Å²) >= 11 is 6.42. The van der Waals surface area contributed by atoms with Crippen molar-refractivity contribution in [3.63, 3.8) is 0 Å². The van der Waals surface area contributed by atoms with E-state index in [2.05, 4.69) is 0 Å². The summed E-state index contributed by atoms with van der Waals surface area (Å²) in [6, 6.07) is 8.08. The molecular formula is C17H14N2O4S2. The largest absolute Gasteiger partial charge is 0.457 e. The Bertz CT molecular complexity index is 917. The lowest BCUT2D eigenvalue weighted by Crippen LogP contribution is -2.27. The van der Waals surface area contributed by atoms with E-state index in [1.165, 1.54) is 28.8 Å². The van der Waals surface area contributed by atoms with E-state index in [4.69, 9.17) is 16.6 Å². The van der Waals surface area contributed by atoms with Crippen LogP contribution in [-0.4, -0.2) is 26.6 Å². The van der Waals surface area contributed by atoms with E-state index in [0.717, 1.165) is 5.56 Å². The fourth-order valence-corrected chi connectivity index (χ4v) is 3.83. The summed E-state index contributed by atoms with van der Waals surface area (Å²) in [5, 5.41) is 11.0. The molecule has 2 aromatic rings. The molecule has 1 aromatic heterocycles. The second-order valence-electron chi connectivity index (χ2n) is 5.38. The number of rotatable bonds is 4. The number of thiocarbonyl (C=S) groups is 1. The van der Waals surface area contributed by atoms with Crippen LogP contribution in [0.1, 0.15) is 18.2 Å². The van der Waals surface area contributed by atoms with Crippen LogP contribution in [0.15, 0.2) is 39.7 Å². The van der Waals surface area contributed by atoms with Gasteiger partial charge in [0.25, 0.3) is 11.6 Å². The van der Waals surface area contributed by atoms with Gasteiger partial charge in [-0.3, -0.25) is 19.8 Å². The molecule has 1 saturated heterocycles. The molecule has 1 aliphatic heterocycles. The Labute approximate surface area is 153 Å². The molecule has 6 nitrogen and oxygen atoms in total. The van der Waals surface area contributed by atoms with Gasteiger partial charge in [0.1, 0.15) is 15.8 Å². The summed E-state index contributed by atoms with van der Waals surface area (Å²) in [5.74, 6) is 0.873. The van der Waals surface area contributed by atoms with E-state index >= 15 is 0 Å². The van der Waals surface area contributed by atoms with Gasteiger partial charge in [-0.25, -0.2) is 0 Å². The number of carbonyl (C=O) groups excluding carboxylic acids is 1. The van der Waals surface area contributed by atoms with Crippen molar-refractivity contribution in [2.75, 3.05) is 6.54 Å². The van der Waals surface area contributed by atoms with E-state index < -0.39 is 4.92 Å². The number of amides is 1. The minimum atomic E-state index is -0.442. The summed E-state index contributed by atoms with van der Waals surface area (Å²) in [4.78, 5) is 24.8. The van der Waals surface area contributed by atoms with E-state index in [1.54, 1.807) is 24.3 Å². The molecule has 0 aliphatic carbocycles. The van der Waals surface area contributed by atoms with Crippen LogP contribution >= 0.6 is 24.0 Å². The highest BCUT2D eigenvalue weighted by molar-refractivity contribution is 8.26. The van der Waals surface area contributed by atoms with Crippen LogP contribution in [-0.2, 0) is 4.79 Å². The predicted octanol–water partition coefficient (Wildman–Crippen LogP) is 4.38. The number of nitro groups is 1. The molecule has 1 amide bonds. The number of nitrogens with zero attached hydrogens (tertiary/aromatic N) is 2. The van der Waals surface area contributed by atoms with E-state index in [0.29, 0.717) is 32.9 Å². The van der Waals surface area contributed by atoms with E-state index in [9.17, 15) is 14.9 Å². The number of hydrogen-bond donors (Lipinski definition) is 0. The number of likely N-dealkylation sites (N-methyl/N-ethyl adjacent to an activating group) is 1. The first-order valence-electron chi connectivity index (χ1n) is 7.51. The minimum absolute atomic E-state index is 0.00219. The summed E-state index contributed by atoms with van der Waals surface area (Å²) < 4.78 is 6.30. The average molecular weight is 374 g/mol. The molecule has 0 bridgehead atoms. The maximum absolute atomic E-state index is 12.2. The number of benzene rings is 1. The monoisotopic (exact) mass is 374 g/mol. The molecule has 0 unspecified atom stereocenters. The number of aryl methyl sites for hydroxylation is 1. The molecule has 0 N–H and O–H groups in total. The van der Waals surface area contributed by atoms with Crippen LogP contribution < -0.4 is 0 Å². The molecule has 25 heavy (non-hydrogen) atoms. The zero-order valence-corrected chi connectivity index (χ0v) is 15.1. The Morgan fingerprint density at radius 2 is 2.12 bits per heavy atom. The van der Waals surface area contributed by atoms with Crippen LogP contribution in [0.4, 0.5) is 5.69 Å². The highest BCUT2D eigenvalue weighted by Gasteiger charge is 2.30. The van der Waals surface area contributed by atoms with Gasteiger partial charge in [-0.2, -0.15) is 0 Å². The number of carbonyl (C=O) groups is 1. The second-order valence-corrected chi connectivity index (χ2v) is 7.06. The Balaban J connectivity index is 1.93. The summed E-state index contributed by atoms with van der Waals surface area (Å²) in [5.41, 5.74) is 1.51. The van der Waals surface area contributed by atoms with Crippen molar-refractivity contribution in [2.24, 2.45) is 0 Å². The van der Waals surface area contributed by atoms with Gasteiger partial charge in [-0.1, -0.05) is 30.0 Å². The third-order valence-corrected chi connectivity index (χ3v) is 5.17. The van der Waals surface area contributed by atoms with Crippen molar-refractivity contribution in [1.29, 1.82) is 0 Å². The van der Waals surface area contributed by atoms with Crippen molar-refractivity contribution in [1.82, 2.24) is 4.90 Å². The van der Waals surface area contributed by atoms with Crippen molar-refractivity contribution in [2.45, 2.75) is 13.8 Å². The standard InChI is InChI=1S/C17H14N2O4S2/c1-3-18-16(20)15(25-17(18)24)9-12-6-7-14(23-12)13-8-11(19(21)22)5-4-10(13)2/h4-9H,3H2,1-2H3/b15-9-. The van der Waals surface area contributed by atoms with Crippen LogP contribution in [0, 0.1) is 17.0 Å². The smallest absolute Gasteiger partial charge is 0.270 e. The number of non-ortho nitro benzene ring substituents is 1. The predicted molar refractivity (Wildman–Crippen MR) is 101 cm³/mol. The number of thioether (sulfide) groups is 1. The molecule has 1 fully saturated rings. The van der Waals surface area contributed by atoms with E-state index in [1.807, 2.05) is 13.8 Å². The van der Waals surface area contributed by atoms with Crippen molar-refractivity contribution >= 4 is 46.0 Å². The number of furan rings is 1. The van der Waals surface area contributed by atoms with Gasteiger partial charge in [0.15, 0.2) is 0 Å². The number of nitro benzene ring substituents is 1. The minimum Gasteiger partial charge on any atom is -0.457 e. The van der Waals surface area contributed by atoms with Crippen molar-refractivity contribution < 1.29 is 14.1 Å². The lowest BCUT2D eigenvalue weighted by atomic mass is 10.1. The summed E-state index contributed by atoms with van der Waals surface area (Å²) in [7, 11) is 0. The van der Waals surface area contributed by atoms with Crippen LogP contribution in [0.3, 0.4) is 0 Å². The SMILES string of the molecule is CCN1C(=O)/C(=C/c2ccc(-c3cc([N+](=O)[O-])ccc3C)o2)SC1=S. The Kier molecular flexibility index (Phi) is 4.73. The van der Waals surface area contributed by atoms with Gasteiger partial charge in [-0.05, 0) is 31.5 Å². The zero-order chi connectivity index (χ0) is 18.1. The first kappa shape index (κ1) is 17.4. The van der Waals surface area contributed by atoms with Gasteiger partial charge in [0, 0.05) is 30.3 Å². The Morgan fingerprint density at radius 1 is 1.36 bits per heavy atom. The average Bonchev–Trinajstić information content (AvgIpc) is 3.13. The van der Waals surface area contributed by atoms with Gasteiger partial charge in [-0.15, -0.1) is 0 Å². The quantitative estimate of drug-likeness (QED) is 0.342. The third-order valence-electron chi connectivity index (χ3n) is 3.79. The fourth-order valence-electron chi connectivity index (χ4n) is 2.47. The molecule has 1 aromatic carbocycles. The lowest BCUT2D eigenvalue weighted by molar-refractivity contribution is -0.384. The summed E-state index contributed by atoms with van der Waals surface area (Å²) in [6.07, 6.45) is 1.64. The van der Waals surface area contributed by atoms with Gasteiger partial charge < -0.3 is 4.42 Å².